The summed E-state index contributed by atoms with van der Waals surface area (Å²) in [6.07, 6.45) is 1.23. The number of carbonyl (C=O) groups is 1. The van der Waals surface area contributed by atoms with Gasteiger partial charge >= 0.3 is 0 Å². The molecule has 0 aliphatic carbocycles. The van der Waals surface area contributed by atoms with E-state index in [1.54, 1.807) is 0 Å². The van der Waals surface area contributed by atoms with Crippen molar-refractivity contribution >= 4 is 17.5 Å². The Morgan fingerprint density at radius 3 is 2.64 bits per heavy atom. The van der Waals surface area contributed by atoms with Gasteiger partial charge in [0, 0.05) is 10.6 Å². The van der Waals surface area contributed by atoms with Crippen LogP contribution in [0.2, 0.25) is 5.02 Å². The molecule has 3 aromatic rings. The summed E-state index contributed by atoms with van der Waals surface area (Å²) < 4.78 is 14.0. The van der Waals surface area contributed by atoms with Crippen LogP contribution in [0.3, 0.4) is 0 Å². The summed E-state index contributed by atoms with van der Waals surface area (Å²) in [7, 11) is 0. The molecule has 0 aliphatic rings. The lowest BCUT2D eigenvalue weighted by atomic mass is 10.1. The monoisotopic (exact) mass is 355 g/mol. The highest BCUT2D eigenvalue weighted by atomic mass is 35.5. The van der Waals surface area contributed by atoms with Crippen molar-refractivity contribution in [1.82, 2.24) is 15.3 Å². The molecule has 2 aromatic carbocycles. The van der Waals surface area contributed by atoms with Gasteiger partial charge in [-0.05, 0) is 36.8 Å². The lowest BCUT2D eigenvalue weighted by molar-refractivity contribution is 0.0934. The molecule has 0 radical (unpaired) electrons. The Bertz CT molecular complexity index is 902. The summed E-state index contributed by atoms with van der Waals surface area (Å²) in [6, 6.07) is 15.0. The van der Waals surface area contributed by atoms with E-state index in [1.165, 1.54) is 30.6 Å². The molecule has 0 aliphatic heterocycles. The molecule has 126 valence electrons. The van der Waals surface area contributed by atoms with Crippen LogP contribution in [0.15, 0.2) is 60.9 Å². The Kier molecular flexibility index (Phi) is 5.05. The zero-order chi connectivity index (χ0) is 17.8. The molecule has 1 aromatic heterocycles. The fourth-order valence-electron chi connectivity index (χ4n) is 2.42. The first-order valence-corrected chi connectivity index (χ1v) is 8.05. The van der Waals surface area contributed by atoms with Gasteiger partial charge in [-0.1, -0.05) is 41.9 Å². The third-order valence-corrected chi connectivity index (χ3v) is 3.99. The summed E-state index contributed by atoms with van der Waals surface area (Å²) in [4.78, 5) is 20.5. The molecule has 1 unspecified atom stereocenters. The van der Waals surface area contributed by atoms with Gasteiger partial charge in [0.1, 0.15) is 17.8 Å². The number of rotatable bonds is 4. The number of hydrogen-bond donors (Lipinski definition) is 1. The van der Waals surface area contributed by atoms with Gasteiger partial charge in [0.05, 0.1) is 11.7 Å². The molecule has 4 nitrogen and oxygen atoms in total. The summed E-state index contributed by atoms with van der Waals surface area (Å²) in [5.41, 5.74) is 1.66. The van der Waals surface area contributed by atoms with E-state index < -0.39 is 5.82 Å². The normalized spacial score (nSPS) is 11.8. The first kappa shape index (κ1) is 17.0. The lowest BCUT2D eigenvalue weighted by Crippen LogP contribution is -2.27. The minimum absolute atomic E-state index is 0.159. The van der Waals surface area contributed by atoms with Crippen molar-refractivity contribution in [3.8, 4) is 11.3 Å². The van der Waals surface area contributed by atoms with Crippen molar-refractivity contribution in [2.24, 2.45) is 0 Å². The van der Waals surface area contributed by atoms with Gasteiger partial charge in [-0.25, -0.2) is 14.4 Å². The zero-order valence-corrected chi connectivity index (χ0v) is 14.2. The van der Waals surface area contributed by atoms with Crippen LogP contribution in [0.4, 0.5) is 4.39 Å². The first-order chi connectivity index (χ1) is 12.0. The Balaban J connectivity index is 1.84. The highest BCUT2D eigenvalue weighted by molar-refractivity contribution is 6.30. The summed E-state index contributed by atoms with van der Waals surface area (Å²) in [6.45, 7) is 1.88. The Labute approximate surface area is 149 Å². The predicted molar refractivity (Wildman–Crippen MR) is 94.8 cm³/mol. The number of carbonyl (C=O) groups excluding carboxylic acids is 1. The summed E-state index contributed by atoms with van der Waals surface area (Å²) in [5, 5.41) is 3.26. The van der Waals surface area contributed by atoms with E-state index in [0.29, 0.717) is 10.7 Å². The second-order valence-corrected chi connectivity index (χ2v) is 5.95. The lowest BCUT2D eigenvalue weighted by Gasteiger charge is -2.14. The third-order valence-electron chi connectivity index (χ3n) is 3.75. The quantitative estimate of drug-likeness (QED) is 0.753. The Hall–Kier alpha value is -2.79. The molecule has 0 fully saturated rings. The molecule has 1 amide bonds. The van der Waals surface area contributed by atoms with Gasteiger partial charge < -0.3 is 5.32 Å². The van der Waals surface area contributed by atoms with E-state index in [2.05, 4.69) is 15.3 Å². The number of hydrogen-bond acceptors (Lipinski definition) is 3. The largest absolute Gasteiger partial charge is 0.344 e. The highest BCUT2D eigenvalue weighted by Gasteiger charge is 2.15. The van der Waals surface area contributed by atoms with Crippen molar-refractivity contribution < 1.29 is 9.18 Å². The van der Waals surface area contributed by atoms with Gasteiger partial charge in [-0.3, -0.25) is 4.79 Å². The maximum atomic E-state index is 14.0. The van der Waals surface area contributed by atoms with E-state index in [1.807, 2.05) is 37.3 Å². The molecule has 1 N–H and O–H groups in total. The molecule has 0 spiro atoms. The van der Waals surface area contributed by atoms with Gasteiger partial charge in [-0.15, -0.1) is 0 Å². The fraction of sp³-hybridized carbons (Fsp3) is 0.105. The number of nitrogens with one attached hydrogen (secondary N) is 1. The van der Waals surface area contributed by atoms with Crippen molar-refractivity contribution in [2.75, 3.05) is 0 Å². The highest BCUT2D eigenvalue weighted by Crippen LogP contribution is 2.24. The standard InChI is InChI=1S/C19H15ClFN3O/c1-12(13-5-3-2-4-6-13)24-19(25)18-10-17(22-11-23-18)15-9-14(20)7-8-16(15)21/h2-12H,1H3,(H,24,25). The van der Waals surface area contributed by atoms with Crippen LogP contribution in [0.25, 0.3) is 11.3 Å². The molecule has 1 atom stereocenters. The Morgan fingerprint density at radius 1 is 1.12 bits per heavy atom. The van der Waals surface area contributed by atoms with E-state index in [-0.39, 0.29) is 23.2 Å². The van der Waals surface area contributed by atoms with E-state index in [9.17, 15) is 9.18 Å². The smallest absolute Gasteiger partial charge is 0.270 e. The number of benzene rings is 2. The molecule has 1 heterocycles. The van der Waals surface area contributed by atoms with Crippen molar-refractivity contribution in [2.45, 2.75) is 13.0 Å². The van der Waals surface area contributed by atoms with Gasteiger partial charge in [-0.2, -0.15) is 0 Å². The topological polar surface area (TPSA) is 54.9 Å². The number of nitrogens with zero attached hydrogens (tertiary/aromatic N) is 2. The number of halogens is 2. The number of amides is 1. The average molecular weight is 356 g/mol. The molecule has 25 heavy (non-hydrogen) atoms. The van der Waals surface area contributed by atoms with E-state index >= 15 is 0 Å². The summed E-state index contributed by atoms with van der Waals surface area (Å²) in [5.74, 6) is -0.824. The van der Waals surface area contributed by atoms with Crippen LogP contribution in [-0.4, -0.2) is 15.9 Å². The van der Waals surface area contributed by atoms with Gasteiger partial charge in [0.2, 0.25) is 0 Å². The maximum absolute atomic E-state index is 14.0. The van der Waals surface area contributed by atoms with E-state index in [0.717, 1.165) is 5.56 Å². The minimum Gasteiger partial charge on any atom is -0.344 e. The van der Waals surface area contributed by atoms with Gasteiger partial charge in [0.15, 0.2) is 0 Å². The van der Waals surface area contributed by atoms with Crippen molar-refractivity contribution in [1.29, 1.82) is 0 Å². The van der Waals surface area contributed by atoms with Crippen LogP contribution >= 0.6 is 11.6 Å². The van der Waals surface area contributed by atoms with Crippen molar-refractivity contribution in [3.05, 3.63) is 83.0 Å². The first-order valence-electron chi connectivity index (χ1n) is 7.68. The zero-order valence-electron chi connectivity index (χ0n) is 13.4. The summed E-state index contributed by atoms with van der Waals surface area (Å²) >= 11 is 5.92. The minimum atomic E-state index is -0.466. The van der Waals surface area contributed by atoms with Crippen LogP contribution in [-0.2, 0) is 0 Å². The molecule has 6 heteroatoms. The molecule has 0 saturated carbocycles. The second kappa shape index (κ2) is 7.40. The fourth-order valence-corrected chi connectivity index (χ4v) is 2.59. The average Bonchev–Trinajstić information content (AvgIpc) is 2.64. The molecular weight excluding hydrogens is 341 g/mol. The molecular formula is C19H15ClFN3O. The van der Waals surface area contributed by atoms with Crippen LogP contribution in [0.1, 0.15) is 29.0 Å². The molecule has 0 bridgehead atoms. The van der Waals surface area contributed by atoms with E-state index in [4.69, 9.17) is 11.6 Å². The third kappa shape index (κ3) is 4.00. The Morgan fingerprint density at radius 2 is 1.88 bits per heavy atom. The van der Waals surface area contributed by atoms with Crippen LogP contribution in [0.5, 0.6) is 0 Å². The second-order valence-electron chi connectivity index (χ2n) is 5.52. The SMILES string of the molecule is CC(NC(=O)c1cc(-c2cc(Cl)ccc2F)ncn1)c1ccccc1. The molecule has 0 saturated heterocycles. The van der Waals surface area contributed by atoms with Crippen LogP contribution in [0, 0.1) is 5.82 Å². The van der Waals surface area contributed by atoms with Crippen molar-refractivity contribution in [3.63, 3.8) is 0 Å². The maximum Gasteiger partial charge on any atom is 0.270 e. The molecule has 3 rings (SSSR count). The number of aromatic nitrogens is 2. The predicted octanol–water partition coefficient (Wildman–Crippen LogP) is 4.43. The van der Waals surface area contributed by atoms with Gasteiger partial charge in [0.25, 0.3) is 5.91 Å². The van der Waals surface area contributed by atoms with Crippen LogP contribution < -0.4 is 5.32 Å².